The van der Waals surface area contributed by atoms with Gasteiger partial charge in [0.05, 0.1) is 4.83 Å². The molecule has 0 fully saturated rings. The molecule has 0 radical (unpaired) electrons. The highest BCUT2D eigenvalue weighted by Crippen LogP contribution is 2.12. The summed E-state index contributed by atoms with van der Waals surface area (Å²) in [7, 11) is 4.01. The number of amides is 1. The predicted molar refractivity (Wildman–Crippen MR) is 75.6 cm³/mol. The van der Waals surface area contributed by atoms with Crippen LogP contribution in [-0.2, 0) is 11.3 Å². The first-order valence-electron chi connectivity index (χ1n) is 5.72. The highest BCUT2D eigenvalue weighted by Gasteiger charge is 2.11. The van der Waals surface area contributed by atoms with E-state index in [9.17, 15) is 4.79 Å². The summed E-state index contributed by atoms with van der Waals surface area (Å²) in [5, 5.41) is 2.90. The number of rotatable bonds is 5. The quantitative estimate of drug-likeness (QED) is 0.847. The molecule has 1 rings (SSSR count). The molecular formula is C13H19BrN2O. The Labute approximate surface area is 111 Å². The van der Waals surface area contributed by atoms with E-state index in [1.165, 1.54) is 0 Å². The monoisotopic (exact) mass is 298 g/mol. The molecule has 0 aliphatic carbocycles. The second kappa shape index (κ2) is 6.64. The molecule has 4 heteroatoms. The molecule has 0 spiro atoms. The van der Waals surface area contributed by atoms with Crippen molar-refractivity contribution in [3.8, 4) is 0 Å². The molecule has 17 heavy (non-hydrogen) atoms. The van der Waals surface area contributed by atoms with Crippen LogP contribution in [0.15, 0.2) is 24.3 Å². The third-order valence-electron chi connectivity index (χ3n) is 2.56. The summed E-state index contributed by atoms with van der Waals surface area (Å²) in [6.45, 7) is 2.56. The van der Waals surface area contributed by atoms with Crippen LogP contribution >= 0.6 is 15.9 Å². The third kappa shape index (κ3) is 4.38. The standard InChI is InChI=1S/C13H19BrN2O/c1-4-12(14)13(17)15-9-10-5-7-11(8-6-10)16(2)3/h5-8,12H,4,9H2,1-3H3,(H,15,17). The fraction of sp³-hybridized carbons (Fsp3) is 0.462. The van der Waals surface area contributed by atoms with Crippen molar-refractivity contribution in [1.82, 2.24) is 5.32 Å². The average molecular weight is 299 g/mol. The number of nitrogens with zero attached hydrogens (tertiary/aromatic N) is 1. The van der Waals surface area contributed by atoms with Crippen LogP contribution in [-0.4, -0.2) is 24.8 Å². The zero-order chi connectivity index (χ0) is 12.8. The molecule has 0 aromatic heterocycles. The number of halogens is 1. The molecule has 1 atom stereocenters. The van der Waals surface area contributed by atoms with Gasteiger partial charge in [0.2, 0.25) is 5.91 Å². The van der Waals surface area contributed by atoms with Gasteiger partial charge in [-0.05, 0) is 24.1 Å². The van der Waals surface area contributed by atoms with Gasteiger partial charge in [-0.2, -0.15) is 0 Å². The van der Waals surface area contributed by atoms with Gasteiger partial charge in [0.25, 0.3) is 0 Å². The van der Waals surface area contributed by atoms with Crippen molar-refractivity contribution in [3.63, 3.8) is 0 Å². The second-order valence-corrected chi connectivity index (χ2v) is 5.26. The van der Waals surface area contributed by atoms with Gasteiger partial charge in [-0.25, -0.2) is 0 Å². The normalized spacial score (nSPS) is 12.0. The van der Waals surface area contributed by atoms with Gasteiger partial charge < -0.3 is 10.2 Å². The lowest BCUT2D eigenvalue weighted by Gasteiger charge is -2.13. The lowest BCUT2D eigenvalue weighted by molar-refractivity contribution is -0.120. The first-order valence-corrected chi connectivity index (χ1v) is 6.64. The van der Waals surface area contributed by atoms with Crippen molar-refractivity contribution in [2.75, 3.05) is 19.0 Å². The summed E-state index contributed by atoms with van der Waals surface area (Å²) < 4.78 is 0. The number of carbonyl (C=O) groups is 1. The summed E-state index contributed by atoms with van der Waals surface area (Å²) in [5.41, 5.74) is 2.27. The zero-order valence-corrected chi connectivity index (χ0v) is 12.1. The topological polar surface area (TPSA) is 32.3 Å². The van der Waals surface area contributed by atoms with Crippen LogP contribution in [0.1, 0.15) is 18.9 Å². The van der Waals surface area contributed by atoms with Crippen LogP contribution in [0.25, 0.3) is 0 Å². The summed E-state index contributed by atoms with van der Waals surface area (Å²) in [6, 6.07) is 8.16. The fourth-order valence-corrected chi connectivity index (χ4v) is 1.56. The van der Waals surface area contributed by atoms with Gasteiger partial charge in [0.1, 0.15) is 0 Å². The van der Waals surface area contributed by atoms with Crippen molar-refractivity contribution in [3.05, 3.63) is 29.8 Å². The van der Waals surface area contributed by atoms with Crippen molar-refractivity contribution in [2.24, 2.45) is 0 Å². The molecule has 0 heterocycles. The Balaban J connectivity index is 2.50. The smallest absolute Gasteiger partial charge is 0.234 e. The first kappa shape index (κ1) is 14.0. The maximum Gasteiger partial charge on any atom is 0.234 e. The zero-order valence-electron chi connectivity index (χ0n) is 10.5. The molecule has 0 aliphatic heterocycles. The molecular weight excluding hydrogens is 280 g/mol. The Hall–Kier alpha value is -1.03. The van der Waals surface area contributed by atoms with Gasteiger partial charge in [-0.3, -0.25) is 4.79 Å². The van der Waals surface area contributed by atoms with E-state index in [1.807, 2.05) is 50.2 Å². The van der Waals surface area contributed by atoms with E-state index >= 15 is 0 Å². The Morgan fingerprint density at radius 2 is 1.94 bits per heavy atom. The molecule has 1 aromatic rings. The fourth-order valence-electron chi connectivity index (χ4n) is 1.40. The van der Waals surface area contributed by atoms with Gasteiger partial charge in [0, 0.05) is 26.3 Å². The number of alkyl halides is 1. The van der Waals surface area contributed by atoms with Crippen molar-refractivity contribution in [2.45, 2.75) is 24.7 Å². The molecule has 0 bridgehead atoms. The Bertz CT molecular complexity index is 362. The summed E-state index contributed by atoms with van der Waals surface area (Å²) in [5.74, 6) is 0.0455. The molecule has 1 amide bonds. The number of anilines is 1. The van der Waals surface area contributed by atoms with E-state index in [4.69, 9.17) is 0 Å². The number of carbonyl (C=O) groups excluding carboxylic acids is 1. The molecule has 0 saturated carbocycles. The van der Waals surface area contributed by atoms with Crippen LogP contribution in [0, 0.1) is 0 Å². The highest BCUT2D eigenvalue weighted by atomic mass is 79.9. The summed E-state index contributed by atoms with van der Waals surface area (Å²) in [4.78, 5) is 13.5. The van der Waals surface area contributed by atoms with Gasteiger partial charge >= 0.3 is 0 Å². The second-order valence-electron chi connectivity index (χ2n) is 4.15. The largest absolute Gasteiger partial charge is 0.378 e. The summed E-state index contributed by atoms with van der Waals surface area (Å²) >= 11 is 3.33. The highest BCUT2D eigenvalue weighted by molar-refractivity contribution is 9.10. The van der Waals surface area contributed by atoms with E-state index in [1.54, 1.807) is 0 Å². The minimum absolute atomic E-state index is 0.0455. The molecule has 1 unspecified atom stereocenters. The van der Waals surface area contributed by atoms with Gasteiger partial charge in [-0.1, -0.05) is 35.0 Å². The lowest BCUT2D eigenvalue weighted by atomic mass is 10.2. The van der Waals surface area contributed by atoms with Crippen molar-refractivity contribution < 1.29 is 4.79 Å². The molecule has 3 nitrogen and oxygen atoms in total. The van der Waals surface area contributed by atoms with Crippen LogP contribution in [0.5, 0.6) is 0 Å². The molecule has 0 aliphatic rings. The number of hydrogen-bond acceptors (Lipinski definition) is 2. The van der Waals surface area contributed by atoms with E-state index in [2.05, 4.69) is 21.2 Å². The minimum Gasteiger partial charge on any atom is -0.378 e. The van der Waals surface area contributed by atoms with E-state index in [-0.39, 0.29) is 10.7 Å². The van der Waals surface area contributed by atoms with Crippen LogP contribution < -0.4 is 10.2 Å². The number of nitrogens with one attached hydrogen (secondary N) is 1. The Kier molecular flexibility index (Phi) is 5.48. The van der Waals surface area contributed by atoms with Crippen LogP contribution in [0.4, 0.5) is 5.69 Å². The maximum atomic E-state index is 11.6. The predicted octanol–water partition coefficient (Wildman–Crippen LogP) is 2.54. The Morgan fingerprint density at radius 3 is 2.41 bits per heavy atom. The van der Waals surface area contributed by atoms with Crippen molar-refractivity contribution >= 4 is 27.5 Å². The summed E-state index contributed by atoms with van der Waals surface area (Å²) in [6.07, 6.45) is 0.797. The van der Waals surface area contributed by atoms with E-state index in [0.29, 0.717) is 6.54 Å². The molecule has 1 aromatic carbocycles. The molecule has 94 valence electrons. The van der Waals surface area contributed by atoms with E-state index < -0.39 is 0 Å². The molecule has 1 N–H and O–H groups in total. The van der Waals surface area contributed by atoms with Crippen molar-refractivity contribution in [1.29, 1.82) is 0 Å². The third-order valence-corrected chi connectivity index (χ3v) is 3.63. The Morgan fingerprint density at radius 1 is 1.35 bits per heavy atom. The number of hydrogen-bond donors (Lipinski definition) is 1. The van der Waals surface area contributed by atoms with E-state index in [0.717, 1.165) is 17.7 Å². The van der Waals surface area contributed by atoms with Crippen LogP contribution in [0.2, 0.25) is 0 Å². The number of benzene rings is 1. The SMILES string of the molecule is CCC(Br)C(=O)NCc1ccc(N(C)C)cc1. The minimum atomic E-state index is -0.0939. The average Bonchev–Trinajstić information content (AvgIpc) is 2.35. The maximum absolute atomic E-state index is 11.6. The lowest BCUT2D eigenvalue weighted by Crippen LogP contribution is -2.30. The van der Waals surface area contributed by atoms with Crippen LogP contribution in [0.3, 0.4) is 0 Å². The molecule has 0 saturated heterocycles. The first-order chi connectivity index (χ1) is 8.04. The van der Waals surface area contributed by atoms with Gasteiger partial charge in [0.15, 0.2) is 0 Å². The van der Waals surface area contributed by atoms with Gasteiger partial charge in [-0.15, -0.1) is 0 Å².